The van der Waals surface area contributed by atoms with E-state index in [0.717, 1.165) is 24.2 Å². The standard InChI is InChI=1S/C22H38O2/c1-6-24-21(23)15-18-11-8-14-22(5)19(12-13-20(18)22)17(4)10-7-9-16(2)3/h15-17,19-20H,6-14H2,1-5H3/b18-15+/t17-,19-,20+,22-/m1/s1. The number of allylic oxidation sites excluding steroid dienone is 1. The normalized spacial score (nSPS) is 32.8. The number of hydrogen-bond donors (Lipinski definition) is 0. The van der Waals surface area contributed by atoms with Gasteiger partial charge in [0.15, 0.2) is 0 Å². The molecule has 0 spiro atoms. The molecule has 0 aliphatic heterocycles. The van der Waals surface area contributed by atoms with Gasteiger partial charge in [-0.3, -0.25) is 0 Å². The Hall–Kier alpha value is -0.790. The molecule has 2 nitrogen and oxygen atoms in total. The second-order valence-electron chi connectivity index (χ2n) is 8.87. The van der Waals surface area contributed by atoms with Gasteiger partial charge in [-0.25, -0.2) is 4.79 Å². The lowest BCUT2D eigenvalue weighted by Crippen LogP contribution is -2.36. The zero-order valence-electron chi connectivity index (χ0n) is 16.6. The second-order valence-corrected chi connectivity index (χ2v) is 8.87. The van der Waals surface area contributed by atoms with Gasteiger partial charge in [0.1, 0.15) is 0 Å². The Morgan fingerprint density at radius 1 is 1.29 bits per heavy atom. The van der Waals surface area contributed by atoms with E-state index in [1.807, 2.05) is 13.0 Å². The molecule has 0 heterocycles. The van der Waals surface area contributed by atoms with Crippen molar-refractivity contribution >= 4 is 5.97 Å². The minimum absolute atomic E-state index is 0.134. The summed E-state index contributed by atoms with van der Waals surface area (Å²) in [6.07, 6.45) is 12.2. The third kappa shape index (κ3) is 4.43. The van der Waals surface area contributed by atoms with Gasteiger partial charge in [-0.1, -0.05) is 52.5 Å². The molecule has 2 saturated carbocycles. The smallest absolute Gasteiger partial charge is 0.330 e. The van der Waals surface area contributed by atoms with Gasteiger partial charge in [0.05, 0.1) is 6.61 Å². The number of esters is 1. The molecule has 2 heteroatoms. The van der Waals surface area contributed by atoms with Gasteiger partial charge in [-0.2, -0.15) is 0 Å². The van der Waals surface area contributed by atoms with E-state index < -0.39 is 0 Å². The lowest BCUT2D eigenvalue weighted by molar-refractivity contribution is -0.137. The molecule has 0 aromatic carbocycles. The van der Waals surface area contributed by atoms with Crippen molar-refractivity contribution in [2.24, 2.45) is 29.1 Å². The third-order valence-electron chi connectivity index (χ3n) is 6.76. The number of fused-ring (bicyclic) bond motifs is 1. The van der Waals surface area contributed by atoms with E-state index in [9.17, 15) is 4.79 Å². The van der Waals surface area contributed by atoms with Crippen LogP contribution in [0.4, 0.5) is 0 Å². The lowest BCUT2D eigenvalue weighted by atomic mass is 9.60. The average molecular weight is 335 g/mol. The first-order valence-corrected chi connectivity index (χ1v) is 10.3. The monoisotopic (exact) mass is 334 g/mol. The van der Waals surface area contributed by atoms with Gasteiger partial charge in [0.2, 0.25) is 0 Å². The Balaban J connectivity index is 2.04. The zero-order chi connectivity index (χ0) is 17.7. The quantitative estimate of drug-likeness (QED) is 0.412. The highest BCUT2D eigenvalue weighted by molar-refractivity contribution is 5.83. The maximum atomic E-state index is 11.9. The van der Waals surface area contributed by atoms with Crippen LogP contribution in [0.5, 0.6) is 0 Å². The predicted octanol–water partition coefficient (Wildman–Crippen LogP) is 6.15. The number of ether oxygens (including phenoxy) is 1. The van der Waals surface area contributed by atoms with E-state index in [1.54, 1.807) is 0 Å². The number of carbonyl (C=O) groups excluding carboxylic acids is 1. The molecule has 4 atom stereocenters. The van der Waals surface area contributed by atoms with Crippen LogP contribution in [-0.4, -0.2) is 12.6 Å². The molecule has 138 valence electrons. The molecule has 0 radical (unpaired) electrons. The molecule has 2 aliphatic rings. The molecule has 2 aliphatic carbocycles. The summed E-state index contributed by atoms with van der Waals surface area (Å²) in [6, 6.07) is 0. The number of rotatable bonds is 7. The zero-order valence-corrected chi connectivity index (χ0v) is 16.6. The molecule has 2 fully saturated rings. The van der Waals surface area contributed by atoms with Crippen LogP contribution >= 0.6 is 0 Å². The van der Waals surface area contributed by atoms with E-state index >= 15 is 0 Å². The molecular formula is C22H38O2. The van der Waals surface area contributed by atoms with E-state index in [4.69, 9.17) is 4.74 Å². The van der Waals surface area contributed by atoms with Gasteiger partial charge in [-0.05, 0) is 68.1 Å². The van der Waals surface area contributed by atoms with E-state index in [1.165, 1.54) is 50.5 Å². The average Bonchev–Trinajstić information content (AvgIpc) is 2.85. The maximum absolute atomic E-state index is 11.9. The molecule has 0 saturated heterocycles. The van der Waals surface area contributed by atoms with Crippen LogP contribution in [0.25, 0.3) is 0 Å². The van der Waals surface area contributed by atoms with Crippen LogP contribution in [-0.2, 0) is 9.53 Å². The molecule has 0 unspecified atom stereocenters. The third-order valence-corrected chi connectivity index (χ3v) is 6.76. The van der Waals surface area contributed by atoms with Crippen LogP contribution < -0.4 is 0 Å². The van der Waals surface area contributed by atoms with E-state index in [-0.39, 0.29) is 5.97 Å². The Labute approximate surface area is 149 Å². The van der Waals surface area contributed by atoms with Crippen LogP contribution in [0.1, 0.15) is 86.0 Å². The number of hydrogen-bond acceptors (Lipinski definition) is 2. The second kappa shape index (κ2) is 8.54. The highest BCUT2D eigenvalue weighted by atomic mass is 16.5. The predicted molar refractivity (Wildman–Crippen MR) is 101 cm³/mol. The Morgan fingerprint density at radius 2 is 2.04 bits per heavy atom. The van der Waals surface area contributed by atoms with Crippen molar-refractivity contribution in [3.63, 3.8) is 0 Å². The van der Waals surface area contributed by atoms with Crippen molar-refractivity contribution in [2.75, 3.05) is 6.61 Å². The molecule has 0 amide bonds. The minimum atomic E-state index is -0.134. The van der Waals surface area contributed by atoms with Crippen LogP contribution in [0.3, 0.4) is 0 Å². The summed E-state index contributed by atoms with van der Waals surface area (Å²) in [4.78, 5) is 11.9. The van der Waals surface area contributed by atoms with Crippen molar-refractivity contribution in [2.45, 2.75) is 86.0 Å². The van der Waals surface area contributed by atoms with Crippen LogP contribution in [0, 0.1) is 29.1 Å². The highest BCUT2D eigenvalue weighted by Gasteiger charge is 2.50. The first-order chi connectivity index (χ1) is 11.4. The maximum Gasteiger partial charge on any atom is 0.330 e. The summed E-state index contributed by atoms with van der Waals surface area (Å²) in [5, 5.41) is 0. The Bertz CT molecular complexity index is 451. The largest absolute Gasteiger partial charge is 0.463 e. The summed E-state index contributed by atoms with van der Waals surface area (Å²) in [5.74, 6) is 2.91. The molecule has 0 N–H and O–H groups in total. The summed E-state index contributed by atoms with van der Waals surface area (Å²) < 4.78 is 5.16. The summed E-state index contributed by atoms with van der Waals surface area (Å²) in [7, 11) is 0. The van der Waals surface area contributed by atoms with Crippen molar-refractivity contribution in [1.82, 2.24) is 0 Å². The van der Waals surface area contributed by atoms with Crippen molar-refractivity contribution in [1.29, 1.82) is 0 Å². The Morgan fingerprint density at radius 3 is 2.71 bits per heavy atom. The summed E-state index contributed by atoms with van der Waals surface area (Å²) >= 11 is 0. The first kappa shape index (κ1) is 19.5. The first-order valence-electron chi connectivity index (χ1n) is 10.3. The highest BCUT2D eigenvalue weighted by Crippen LogP contribution is 2.59. The van der Waals surface area contributed by atoms with E-state index in [2.05, 4.69) is 27.7 Å². The molecular weight excluding hydrogens is 296 g/mol. The molecule has 24 heavy (non-hydrogen) atoms. The number of carbonyl (C=O) groups is 1. The van der Waals surface area contributed by atoms with Crippen LogP contribution in [0.15, 0.2) is 11.6 Å². The molecule has 0 aromatic rings. The van der Waals surface area contributed by atoms with Crippen LogP contribution in [0.2, 0.25) is 0 Å². The molecule has 2 rings (SSSR count). The van der Waals surface area contributed by atoms with Gasteiger partial charge in [0, 0.05) is 6.08 Å². The SMILES string of the molecule is CCOC(=O)/C=C1\CCC[C@]2(C)[C@@H]([C@H](C)CCCC(C)C)CC[C@@H]12. The van der Waals surface area contributed by atoms with Gasteiger partial charge < -0.3 is 4.74 Å². The van der Waals surface area contributed by atoms with E-state index in [0.29, 0.717) is 17.9 Å². The fraction of sp³-hybridized carbons (Fsp3) is 0.864. The Kier molecular flexibility index (Phi) is 6.95. The van der Waals surface area contributed by atoms with Crippen molar-refractivity contribution in [3.8, 4) is 0 Å². The van der Waals surface area contributed by atoms with Crippen molar-refractivity contribution in [3.05, 3.63) is 11.6 Å². The summed E-state index contributed by atoms with van der Waals surface area (Å²) in [6.45, 7) is 12.0. The van der Waals surface area contributed by atoms with Crippen molar-refractivity contribution < 1.29 is 9.53 Å². The minimum Gasteiger partial charge on any atom is -0.463 e. The fourth-order valence-corrected chi connectivity index (χ4v) is 5.57. The fourth-order valence-electron chi connectivity index (χ4n) is 5.57. The summed E-state index contributed by atoms with van der Waals surface area (Å²) in [5.41, 5.74) is 1.77. The van der Waals surface area contributed by atoms with Gasteiger partial charge in [-0.15, -0.1) is 0 Å². The van der Waals surface area contributed by atoms with Gasteiger partial charge in [0.25, 0.3) is 0 Å². The lowest BCUT2D eigenvalue weighted by Gasteiger charge is -2.44. The topological polar surface area (TPSA) is 26.3 Å². The molecule has 0 bridgehead atoms. The molecule has 0 aromatic heterocycles. The van der Waals surface area contributed by atoms with Gasteiger partial charge >= 0.3 is 5.97 Å².